The van der Waals surface area contributed by atoms with Gasteiger partial charge in [-0.15, -0.1) is 0 Å². The standard InChI is InChI=1S/C45H36N16O4/c1-9-61-33-17-25-24(16-32(33)60(8)45(61)65)40-51-38-21-13-29-28(56(4)43(63)57(29)5)12-20(21)36(49-38)47-34-18-10-26-27(55(3)42(62)54(26)2)11-19(18)35(46-34)48-37-22-14-30-31(59(7)44(64)58(30)6)15-23(22)39(50-37)52-41(25)53-40/h10-17H,9H2,1-8H3,(H2,46,47,48,49,50,51,52,53). The zero-order valence-corrected chi connectivity index (χ0v) is 36.2. The van der Waals surface area contributed by atoms with E-state index in [1.54, 1.807) is 85.9 Å². The third-order valence-corrected chi connectivity index (χ3v) is 13.6. The molecule has 8 bridgehead atoms. The molecule has 320 valence electrons. The fourth-order valence-corrected chi connectivity index (χ4v) is 9.97. The number of rotatable bonds is 1. The molecule has 0 amide bonds. The first kappa shape index (κ1) is 36.9. The summed E-state index contributed by atoms with van der Waals surface area (Å²) in [5.41, 5.74) is 9.10. The Hall–Kier alpha value is -8.68. The Morgan fingerprint density at radius 1 is 0.354 bits per heavy atom. The van der Waals surface area contributed by atoms with Crippen molar-refractivity contribution < 1.29 is 0 Å². The molecule has 0 atom stereocenters. The summed E-state index contributed by atoms with van der Waals surface area (Å²) in [6, 6.07) is 15.3. The molecular formula is C45H36N16O4. The first-order valence-corrected chi connectivity index (χ1v) is 20.9. The summed E-state index contributed by atoms with van der Waals surface area (Å²) in [4.78, 5) is 91.4. The number of fused-ring (bicyclic) bond motifs is 24. The van der Waals surface area contributed by atoms with Gasteiger partial charge in [0.1, 0.15) is 22.6 Å². The third-order valence-electron chi connectivity index (χ3n) is 13.6. The fourth-order valence-electron chi connectivity index (χ4n) is 9.97. The maximum atomic E-state index is 13.5. The van der Waals surface area contributed by atoms with Gasteiger partial charge >= 0.3 is 22.8 Å². The van der Waals surface area contributed by atoms with Crippen molar-refractivity contribution in [3.8, 4) is 45.6 Å². The van der Waals surface area contributed by atoms with Crippen LogP contribution in [0.25, 0.3) is 134 Å². The van der Waals surface area contributed by atoms with Crippen molar-refractivity contribution in [2.45, 2.75) is 13.5 Å². The summed E-state index contributed by atoms with van der Waals surface area (Å²) in [5, 5.41) is 2.71. The predicted octanol–water partition coefficient (Wildman–Crippen LogP) is 4.11. The quantitative estimate of drug-likeness (QED) is 0.241. The molecule has 0 saturated carbocycles. The minimum Gasteiger partial charge on any atom is -0.324 e. The number of imidazole rings is 4. The van der Waals surface area contributed by atoms with E-state index in [4.69, 9.17) is 29.9 Å². The minimum atomic E-state index is -0.187. The summed E-state index contributed by atoms with van der Waals surface area (Å²) in [6.45, 7) is 2.38. The van der Waals surface area contributed by atoms with E-state index in [9.17, 15) is 19.2 Å². The summed E-state index contributed by atoms with van der Waals surface area (Å²) < 4.78 is 12.8. The average molecular weight is 865 g/mol. The fraction of sp³-hybridized carbons (Fsp3) is 0.200. The lowest BCUT2D eigenvalue weighted by molar-refractivity contribution is 0.712. The van der Waals surface area contributed by atoms with Gasteiger partial charge in [0.2, 0.25) is 0 Å². The first-order valence-electron chi connectivity index (χ1n) is 20.9. The molecule has 0 fully saturated rings. The number of hydrogen-bond donors (Lipinski definition) is 2. The molecule has 0 radical (unpaired) electrons. The summed E-state index contributed by atoms with van der Waals surface area (Å²) in [7, 11) is 12.1. The molecule has 20 heteroatoms. The number of benzene rings is 4. The first-order chi connectivity index (χ1) is 31.2. The number of aromatic nitrogens is 16. The topological polar surface area (TPSA) is 217 Å². The SMILES string of the molecule is CCn1c(=O)n(C)c2cc3c4nc5nc(nc6[nH]c(nc7nc(nc([nH]4)c3cc21)-c1cc2c(cc1-7)n(C)c(=O)n2C)c1cc2c(cc61)n(C)c(=O)n2C)-c1cc2c(cc1-5)n(C)c(=O)n2C. The summed E-state index contributed by atoms with van der Waals surface area (Å²) in [5.74, 6) is 1.33. The lowest BCUT2D eigenvalue weighted by atomic mass is 10.1. The number of H-pyrrole nitrogens is 2. The van der Waals surface area contributed by atoms with Gasteiger partial charge in [-0.25, -0.2) is 49.1 Å². The van der Waals surface area contributed by atoms with Crippen LogP contribution in [0.15, 0.2) is 67.7 Å². The normalized spacial score (nSPS) is 12.6. The van der Waals surface area contributed by atoms with Crippen LogP contribution in [-0.4, -0.2) is 76.4 Å². The van der Waals surface area contributed by atoms with E-state index in [1.807, 2.05) is 55.5 Å². The van der Waals surface area contributed by atoms with Crippen LogP contribution in [0.4, 0.5) is 0 Å². The Kier molecular flexibility index (Phi) is 6.85. The van der Waals surface area contributed by atoms with Gasteiger partial charge < -0.3 is 9.97 Å². The van der Waals surface area contributed by atoms with Crippen molar-refractivity contribution in [2.24, 2.45) is 49.3 Å². The lowest BCUT2D eigenvalue weighted by Crippen LogP contribution is -2.21. The zero-order chi connectivity index (χ0) is 44.8. The summed E-state index contributed by atoms with van der Waals surface area (Å²) >= 11 is 0. The van der Waals surface area contributed by atoms with Gasteiger partial charge in [0.05, 0.1) is 44.1 Å². The predicted molar refractivity (Wildman–Crippen MR) is 248 cm³/mol. The van der Waals surface area contributed by atoms with Crippen molar-refractivity contribution in [1.82, 2.24) is 76.4 Å². The minimum absolute atomic E-state index is 0.153. The largest absolute Gasteiger partial charge is 0.328 e. The number of hydrogen-bond acceptors (Lipinski definition) is 10. The molecule has 2 aliphatic rings. The molecule has 11 aromatic rings. The van der Waals surface area contributed by atoms with Crippen LogP contribution < -0.4 is 22.8 Å². The third kappa shape index (κ3) is 4.58. The molecule has 2 aliphatic heterocycles. The molecule has 0 saturated heterocycles. The second kappa shape index (κ2) is 12.1. The van der Waals surface area contributed by atoms with Crippen LogP contribution in [0.3, 0.4) is 0 Å². The molecular weight excluding hydrogens is 829 g/mol. The van der Waals surface area contributed by atoms with Crippen molar-refractivity contribution in [1.29, 1.82) is 0 Å². The highest BCUT2D eigenvalue weighted by molar-refractivity contribution is 6.12. The van der Waals surface area contributed by atoms with Crippen molar-refractivity contribution in [3.63, 3.8) is 0 Å². The van der Waals surface area contributed by atoms with Crippen LogP contribution in [-0.2, 0) is 55.9 Å². The van der Waals surface area contributed by atoms with Crippen LogP contribution >= 0.6 is 0 Å². The van der Waals surface area contributed by atoms with E-state index >= 15 is 0 Å². The Morgan fingerprint density at radius 2 is 0.600 bits per heavy atom. The molecule has 7 aromatic heterocycles. The van der Waals surface area contributed by atoms with Crippen LogP contribution in [0.1, 0.15) is 6.92 Å². The highest BCUT2D eigenvalue weighted by Crippen LogP contribution is 2.40. The van der Waals surface area contributed by atoms with Crippen LogP contribution in [0.2, 0.25) is 0 Å². The zero-order valence-electron chi connectivity index (χ0n) is 36.2. The van der Waals surface area contributed by atoms with Crippen molar-refractivity contribution >= 4 is 88.3 Å². The molecule has 20 nitrogen and oxygen atoms in total. The smallest absolute Gasteiger partial charge is 0.324 e. The highest BCUT2D eigenvalue weighted by atomic mass is 16.2. The molecule has 0 unspecified atom stereocenters. The number of nitrogens with zero attached hydrogens (tertiary/aromatic N) is 14. The van der Waals surface area contributed by atoms with Gasteiger partial charge in [-0.3, -0.25) is 36.5 Å². The average Bonchev–Trinajstić information content (AvgIpc) is 4.16. The van der Waals surface area contributed by atoms with Crippen LogP contribution in [0.5, 0.6) is 0 Å². The van der Waals surface area contributed by atoms with Gasteiger partial charge in [-0.05, 0) is 55.5 Å². The highest BCUT2D eigenvalue weighted by Gasteiger charge is 2.27. The van der Waals surface area contributed by atoms with Gasteiger partial charge in [-0.1, -0.05) is 0 Å². The molecule has 9 heterocycles. The van der Waals surface area contributed by atoms with Gasteiger partial charge in [0, 0.05) is 99.7 Å². The van der Waals surface area contributed by atoms with Crippen molar-refractivity contribution in [3.05, 3.63) is 90.5 Å². The molecule has 0 aliphatic carbocycles. The summed E-state index contributed by atoms with van der Waals surface area (Å²) in [6.07, 6.45) is 0. The van der Waals surface area contributed by atoms with Gasteiger partial charge in [0.15, 0.2) is 23.3 Å². The van der Waals surface area contributed by atoms with Crippen molar-refractivity contribution in [2.75, 3.05) is 0 Å². The van der Waals surface area contributed by atoms with E-state index in [0.717, 1.165) is 5.52 Å². The van der Waals surface area contributed by atoms with E-state index in [2.05, 4.69) is 9.97 Å². The maximum Gasteiger partial charge on any atom is 0.328 e. The number of aryl methyl sites for hydroxylation is 8. The van der Waals surface area contributed by atoms with Gasteiger partial charge in [0.25, 0.3) is 0 Å². The van der Waals surface area contributed by atoms with E-state index in [1.165, 1.54) is 0 Å². The maximum absolute atomic E-state index is 13.5. The second-order valence-electron chi connectivity index (χ2n) is 16.9. The second-order valence-corrected chi connectivity index (χ2v) is 16.9. The Morgan fingerprint density at radius 3 is 0.892 bits per heavy atom. The van der Waals surface area contributed by atoms with E-state index < -0.39 is 0 Å². The molecule has 4 aromatic carbocycles. The molecule has 0 spiro atoms. The number of nitrogens with one attached hydrogen (secondary N) is 2. The van der Waals surface area contributed by atoms with Gasteiger partial charge in [-0.2, -0.15) is 0 Å². The van der Waals surface area contributed by atoms with Crippen LogP contribution in [0, 0.1) is 0 Å². The molecule has 13 rings (SSSR count). The van der Waals surface area contributed by atoms with E-state index in [0.29, 0.717) is 135 Å². The lowest BCUT2D eigenvalue weighted by Gasteiger charge is -2.02. The monoisotopic (exact) mass is 864 g/mol. The Bertz CT molecular complexity index is 4520. The number of aromatic amines is 2. The molecule has 2 N–H and O–H groups in total. The Labute approximate surface area is 362 Å². The Balaban J connectivity index is 1.26. The molecule has 65 heavy (non-hydrogen) atoms. The van der Waals surface area contributed by atoms with E-state index in [-0.39, 0.29) is 22.8 Å².